The second kappa shape index (κ2) is 3.63. The van der Waals surface area contributed by atoms with Gasteiger partial charge in [-0.15, -0.1) is 11.3 Å². The topological polar surface area (TPSA) is 43.6 Å². The van der Waals surface area contributed by atoms with Gasteiger partial charge in [-0.1, -0.05) is 0 Å². The van der Waals surface area contributed by atoms with E-state index in [1.54, 1.807) is 29.9 Å². The molecule has 0 bridgehead atoms. The first-order chi connectivity index (χ1) is 6.79. The maximum atomic E-state index is 10.8. The van der Waals surface area contributed by atoms with Crippen LogP contribution in [0.3, 0.4) is 0 Å². The lowest BCUT2D eigenvalue weighted by molar-refractivity contribution is -0.134. The average Bonchev–Trinajstić information content (AvgIpc) is 2.73. The van der Waals surface area contributed by atoms with E-state index in [0.717, 1.165) is 9.71 Å². The van der Waals surface area contributed by atoms with Crippen LogP contribution in [0.1, 0.15) is 4.88 Å². The van der Waals surface area contributed by atoms with Crippen LogP contribution in [-0.4, -0.2) is 22.5 Å². The molecule has 0 fully saturated rings. The number of carbonyl (C=O) groups excluding carboxylic acids is 1. The van der Waals surface area contributed by atoms with Crippen LogP contribution in [-0.2, 0) is 9.53 Å². The molecule has 2 rings (SSSR count). The molecular formula is C9H8N2O2S. The van der Waals surface area contributed by atoms with Gasteiger partial charge >= 0.3 is 5.97 Å². The van der Waals surface area contributed by atoms with Crippen molar-refractivity contribution in [2.75, 3.05) is 7.11 Å². The molecule has 2 aromatic rings. The quantitative estimate of drug-likeness (QED) is 0.556. The Kier molecular flexibility index (Phi) is 2.32. The number of aromatic nitrogens is 2. The number of imidazole rings is 1. The molecule has 0 N–H and O–H groups in total. The van der Waals surface area contributed by atoms with E-state index in [-0.39, 0.29) is 5.97 Å². The molecule has 0 aliphatic heterocycles. The van der Waals surface area contributed by atoms with E-state index >= 15 is 0 Å². The molecule has 0 radical (unpaired) electrons. The highest BCUT2D eigenvalue weighted by Gasteiger charge is 1.99. The second-order valence-corrected chi connectivity index (χ2v) is 3.72. The minimum atomic E-state index is -0.346. The van der Waals surface area contributed by atoms with Crippen LogP contribution in [0.25, 0.3) is 10.9 Å². The van der Waals surface area contributed by atoms with Crippen LogP contribution in [0, 0.1) is 0 Å². The summed E-state index contributed by atoms with van der Waals surface area (Å²) < 4.78 is 6.39. The van der Waals surface area contributed by atoms with Crippen LogP contribution in [0.15, 0.2) is 24.8 Å². The number of fused-ring (bicyclic) bond motifs is 1. The summed E-state index contributed by atoms with van der Waals surface area (Å²) in [5, 5.41) is 0. The standard InChI is InChI=1S/C9H8N2O2S/c1-13-9(12)3-2-7-5-11-6-10-4-8(11)14-7/h2-6H,1H3/b3-2+. The molecule has 5 heteroatoms. The summed E-state index contributed by atoms with van der Waals surface area (Å²) in [5.74, 6) is -0.346. The molecule has 0 aliphatic carbocycles. The molecular weight excluding hydrogens is 200 g/mol. The van der Waals surface area contributed by atoms with Crippen LogP contribution >= 0.6 is 11.3 Å². The summed E-state index contributed by atoms with van der Waals surface area (Å²) in [4.78, 5) is 16.8. The van der Waals surface area contributed by atoms with E-state index in [9.17, 15) is 4.79 Å². The molecule has 4 nitrogen and oxygen atoms in total. The zero-order chi connectivity index (χ0) is 9.97. The number of nitrogens with zero attached hydrogens (tertiary/aromatic N) is 2. The summed E-state index contributed by atoms with van der Waals surface area (Å²) in [6.45, 7) is 0. The van der Waals surface area contributed by atoms with Crippen molar-refractivity contribution in [3.8, 4) is 0 Å². The van der Waals surface area contributed by atoms with E-state index in [1.807, 2.05) is 10.6 Å². The molecule has 2 heterocycles. The van der Waals surface area contributed by atoms with Gasteiger partial charge in [-0.05, 0) is 6.08 Å². The molecule has 0 aliphatic rings. The number of hydrogen-bond acceptors (Lipinski definition) is 4. The zero-order valence-corrected chi connectivity index (χ0v) is 8.32. The van der Waals surface area contributed by atoms with Gasteiger partial charge in [-0.25, -0.2) is 9.78 Å². The fourth-order valence-corrected chi connectivity index (χ4v) is 1.91. The summed E-state index contributed by atoms with van der Waals surface area (Å²) in [6, 6.07) is 0. The first-order valence-corrected chi connectivity index (χ1v) is 4.79. The highest BCUT2D eigenvalue weighted by atomic mass is 32.1. The van der Waals surface area contributed by atoms with Crippen molar-refractivity contribution in [2.45, 2.75) is 0 Å². The van der Waals surface area contributed by atoms with Crippen molar-refractivity contribution in [3.63, 3.8) is 0 Å². The third-order valence-electron chi connectivity index (χ3n) is 1.70. The molecule has 0 saturated heterocycles. The van der Waals surface area contributed by atoms with Gasteiger partial charge in [0.2, 0.25) is 0 Å². The SMILES string of the molecule is COC(=O)/C=C/c1cn2cncc2s1. The smallest absolute Gasteiger partial charge is 0.330 e. The van der Waals surface area contributed by atoms with E-state index in [4.69, 9.17) is 0 Å². The molecule has 0 spiro atoms. The number of esters is 1. The van der Waals surface area contributed by atoms with Gasteiger partial charge in [-0.3, -0.25) is 4.40 Å². The first kappa shape index (κ1) is 8.96. The average molecular weight is 208 g/mol. The second-order valence-electron chi connectivity index (χ2n) is 2.63. The highest BCUT2D eigenvalue weighted by molar-refractivity contribution is 7.18. The van der Waals surface area contributed by atoms with E-state index < -0.39 is 0 Å². The van der Waals surface area contributed by atoms with Crippen LogP contribution in [0.5, 0.6) is 0 Å². The van der Waals surface area contributed by atoms with E-state index in [2.05, 4.69) is 9.72 Å². The lowest BCUT2D eigenvalue weighted by Crippen LogP contribution is -1.92. The van der Waals surface area contributed by atoms with Crippen LogP contribution < -0.4 is 0 Å². The Morgan fingerprint density at radius 3 is 3.29 bits per heavy atom. The number of hydrogen-bond donors (Lipinski definition) is 0. The monoisotopic (exact) mass is 208 g/mol. The Bertz CT molecular complexity index is 455. The van der Waals surface area contributed by atoms with Gasteiger partial charge in [-0.2, -0.15) is 0 Å². The normalized spacial score (nSPS) is 11.2. The molecule has 72 valence electrons. The maximum Gasteiger partial charge on any atom is 0.330 e. The summed E-state index contributed by atoms with van der Waals surface area (Å²) in [5.41, 5.74) is 0. The summed E-state index contributed by atoms with van der Waals surface area (Å²) >= 11 is 1.56. The Hall–Kier alpha value is -1.62. The number of carbonyl (C=O) groups is 1. The zero-order valence-electron chi connectivity index (χ0n) is 7.51. The predicted octanol–water partition coefficient (Wildman–Crippen LogP) is 1.58. The molecule has 0 unspecified atom stereocenters. The van der Waals surface area contributed by atoms with Crippen molar-refractivity contribution < 1.29 is 9.53 Å². The Balaban J connectivity index is 2.23. The molecule has 0 saturated carbocycles. The highest BCUT2D eigenvalue weighted by Crippen LogP contribution is 2.18. The van der Waals surface area contributed by atoms with Gasteiger partial charge in [0, 0.05) is 17.2 Å². The first-order valence-electron chi connectivity index (χ1n) is 3.97. The van der Waals surface area contributed by atoms with E-state index in [1.165, 1.54) is 13.2 Å². The van der Waals surface area contributed by atoms with Crippen molar-refractivity contribution in [2.24, 2.45) is 0 Å². The molecule has 2 aromatic heterocycles. The maximum absolute atomic E-state index is 10.8. The van der Waals surface area contributed by atoms with Gasteiger partial charge < -0.3 is 4.74 Å². The Labute approximate surface area is 84.5 Å². The third-order valence-corrected chi connectivity index (χ3v) is 2.71. The lowest BCUT2D eigenvalue weighted by Gasteiger charge is -1.87. The largest absolute Gasteiger partial charge is 0.466 e. The van der Waals surface area contributed by atoms with Crippen molar-refractivity contribution in [1.82, 2.24) is 9.38 Å². The van der Waals surface area contributed by atoms with Crippen LogP contribution in [0.2, 0.25) is 0 Å². The third kappa shape index (κ3) is 1.67. The van der Waals surface area contributed by atoms with Crippen LogP contribution in [0.4, 0.5) is 0 Å². The number of ether oxygens (including phenoxy) is 1. The van der Waals surface area contributed by atoms with Crippen molar-refractivity contribution in [1.29, 1.82) is 0 Å². The Morgan fingerprint density at radius 1 is 1.71 bits per heavy atom. The van der Waals surface area contributed by atoms with Gasteiger partial charge in [0.25, 0.3) is 0 Å². The molecule has 0 amide bonds. The fourth-order valence-electron chi connectivity index (χ4n) is 1.05. The van der Waals surface area contributed by atoms with Gasteiger partial charge in [0.15, 0.2) is 0 Å². The predicted molar refractivity (Wildman–Crippen MR) is 54.1 cm³/mol. The summed E-state index contributed by atoms with van der Waals surface area (Å²) in [7, 11) is 1.36. The molecule has 14 heavy (non-hydrogen) atoms. The molecule has 0 atom stereocenters. The Morgan fingerprint density at radius 2 is 2.57 bits per heavy atom. The number of thiazole rings is 1. The van der Waals surface area contributed by atoms with Crippen molar-refractivity contribution >= 4 is 28.2 Å². The lowest BCUT2D eigenvalue weighted by atomic mass is 10.4. The minimum absolute atomic E-state index is 0.346. The van der Waals surface area contributed by atoms with Gasteiger partial charge in [0.1, 0.15) is 4.83 Å². The fraction of sp³-hybridized carbons (Fsp3) is 0.111. The number of rotatable bonds is 2. The minimum Gasteiger partial charge on any atom is -0.466 e. The molecule has 0 aromatic carbocycles. The summed E-state index contributed by atoms with van der Waals surface area (Å²) in [6.07, 6.45) is 8.54. The van der Waals surface area contributed by atoms with E-state index in [0.29, 0.717) is 0 Å². The van der Waals surface area contributed by atoms with Gasteiger partial charge in [0.05, 0.1) is 19.6 Å². The van der Waals surface area contributed by atoms with Crippen molar-refractivity contribution in [3.05, 3.63) is 29.7 Å². The number of methoxy groups -OCH3 is 1.